The van der Waals surface area contributed by atoms with E-state index in [4.69, 9.17) is 15.9 Å². The second-order valence-corrected chi connectivity index (χ2v) is 7.72. The number of nitrogens with one attached hydrogen (secondary N) is 2. The lowest BCUT2D eigenvalue weighted by Crippen LogP contribution is -2.21. The van der Waals surface area contributed by atoms with E-state index in [-0.39, 0.29) is 5.92 Å². The van der Waals surface area contributed by atoms with Crippen molar-refractivity contribution in [1.82, 2.24) is 9.97 Å². The number of anilines is 3. The van der Waals surface area contributed by atoms with Crippen molar-refractivity contribution in [1.29, 1.82) is 5.41 Å². The van der Waals surface area contributed by atoms with Gasteiger partial charge in [0, 0.05) is 28.4 Å². The smallest absolute Gasteiger partial charge is 0.306 e. The van der Waals surface area contributed by atoms with E-state index in [1.807, 2.05) is 13.8 Å². The molecule has 0 radical (unpaired) electrons. The van der Waals surface area contributed by atoms with Crippen molar-refractivity contribution in [2.75, 3.05) is 18.2 Å². The Hall–Kier alpha value is -3.20. The summed E-state index contributed by atoms with van der Waals surface area (Å²) in [5.41, 5.74) is 8.73. The molecule has 1 aliphatic carbocycles. The van der Waals surface area contributed by atoms with Crippen LogP contribution in [0.2, 0.25) is 0 Å². The molecule has 4 rings (SSSR count). The zero-order valence-electron chi connectivity index (χ0n) is 17.2. The Bertz CT molecular complexity index is 1100. The number of nitrogens with two attached hydrogens (primary N) is 1. The van der Waals surface area contributed by atoms with Crippen LogP contribution in [0.1, 0.15) is 36.3 Å². The summed E-state index contributed by atoms with van der Waals surface area (Å²) in [6.45, 7) is 4.00. The van der Waals surface area contributed by atoms with E-state index in [0.29, 0.717) is 47.8 Å². The van der Waals surface area contributed by atoms with Gasteiger partial charge in [0.2, 0.25) is 0 Å². The second kappa shape index (κ2) is 9.08. The number of rotatable bonds is 5. The number of carbonyl (C=O) groups is 1. The topological polar surface area (TPSA) is 134 Å². The first-order chi connectivity index (χ1) is 14.5. The molecule has 2 heterocycles. The average molecular weight is 428 g/mol. The van der Waals surface area contributed by atoms with Crippen LogP contribution in [0, 0.1) is 11.3 Å². The van der Waals surface area contributed by atoms with Crippen LogP contribution in [0.15, 0.2) is 18.5 Å². The quantitative estimate of drug-likeness (QED) is 0.353. The summed E-state index contributed by atoms with van der Waals surface area (Å²) in [6.07, 6.45) is 4.48. The molecule has 0 bridgehead atoms. The van der Waals surface area contributed by atoms with Gasteiger partial charge < -0.3 is 26.3 Å². The molecule has 0 spiro atoms. The molecule has 9 heteroatoms. The fourth-order valence-corrected chi connectivity index (χ4v) is 4.81. The number of carboxylic acid groups (broad SMARTS) is 1. The fraction of sp³-hybridized carbons (Fsp3) is 0.333. The first-order valence-corrected chi connectivity index (χ1v) is 10.6. The Morgan fingerprint density at radius 2 is 2.17 bits per heavy atom. The van der Waals surface area contributed by atoms with Crippen LogP contribution in [0.3, 0.4) is 0 Å². The van der Waals surface area contributed by atoms with Gasteiger partial charge in [-0.3, -0.25) is 4.79 Å². The lowest BCUT2D eigenvalue weighted by molar-refractivity contribution is -0.142. The number of thiophene rings is 1. The normalized spacial score (nSPS) is 15.0. The molecule has 1 aliphatic rings. The van der Waals surface area contributed by atoms with Gasteiger partial charge in [-0.2, -0.15) is 0 Å². The third kappa shape index (κ3) is 3.93. The van der Waals surface area contributed by atoms with Crippen LogP contribution >= 0.6 is 11.3 Å². The molecular weight excluding hydrogens is 402 g/mol. The van der Waals surface area contributed by atoms with Crippen LogP contribution < -0.4 is 15.8 Å². The van der Waals surface area contributed by atoms with Crippen molar-refractivity contribution < 1.29 is 14.6 Å². The maximum atomic E-state index is 11.4. The number of hydrogen-bond acceptors (Lipinski definition) is 8. The summed E-state index contributed by atoms with van der Waals surface area (Å²) < 4.78 is 5.42. The van der Waals surface area contributed by atoms with Crippen molar-refractivity contribution in [3.63, 3.8) is 0 Å². The molecule has 0 amide bonds. The average Bonchev–Trinajstić information content (AvgIpc) is 3.14. The van der Waals surface area contributed by atoms with Crippen LogP contribution in [-0.2, 0) is 17.6 Å². The number of ether oxygens (including phenoxy) is 1. The first kappa shape index (κ1) is 21.5. The zero-order chi connectivity index (χ0) is 21.8. The summed E-state index contributed by atoms with van der Waals surface area (Å²) in [5, 5.41) is 21.1. The van der Waals surface area contributed by atoms with E-state index in [9.17, 15) is 9.90 Å². The number of aliphatic carboxylic acids is 1. The van der Waals surface area contributed by atoms with Crippen LogP contribution in [0.25, 0.3) is 10.2 Å². The van der Waals surface area contributed by atoms with Crippen molar-refractivity contribution in [2.45, 2.75) is 33.1 Å². The molecule has 5 N–H and O–H groups in total. The molecule has 3 aromatic rings. The maximum absolute atomic E-state index is 11.4. The highest BCUT2D eigenvalue weighted by Gasteiger charge is 2.29. The number of nitrogen functional groups attached to an aromatic ring is 1. The highest BCUT2D eigenvalue weighted by Crippen LogP contribution is 2.41. The zero-order valence-corrected chi connectivity index (χ0v) is 18.0. The third-order valence-electron chi connectivity index (χ3n) is 5.01. The number of nitrogens with zero attached hydrogens (tertiary/aromatic N) is 2. The van der Waals surface area contributed by atoms with E-state index in [2.05, 4.69) is 15.3 Å². The Kier molecular flexibility index (Phi) is 6.51. The Morgan fingerprint density at radius 3 is 2.83 bits per heavy atom. The summed E-state index contributed by atoms with van der Waals surface area (Å²) in [5.74, 6) is 0.0794. The molecule has 0 saturated carbocycles. The maximum Gasteiger partial charge on any atom is 0.306 e. The van der Waals surface area contributed by atoms with Crippen LogP contribution in [0.5, 0.6) is 5.75 Å². The molecule has 0 aliphatic heterocycles. The van der Waals surface area contributed by atoms with Gasteiger partial charge in [-0.05, 0) is 30.9 Å². The Labute approximate surface area is 178 Å². The molecule has 0 saturated heterocycles. The number of benzene rings is 1. The molecule has 1 atom stereocenters. The highest BCUT2D eigenvalue weighted by atomic mass is 32.1. The molecule has 158 valence electrons. The number of fused-ring (bicyclic) bond motifs is 3. The predicted molar refractivity (Wildman–Crippen MR) is 120 cm³/mol. The lowest BCUT2D eigenvalue weighted by Gasteiger charge is -2.19. The fourth-order valence-electron chi connectivity index (χ4n) is 3.55. The Balaban J connectivity index is 0.00000124. The van der Waals surface area contributed by atoms with Gasteiger partial charge in [0.1, 0.15) is 22.7 Å². The van der Waals surface area contributed by atoms with E-state index in [1.54, 1.807) is 19.2 Å². The van der Waals surface area contributed by atoms with Crippen molar-refractivity contribution >= 4 is 50.9 Å². The summed E-state index contributed by atoms with van der Waals surface area (Å²) in [6, 6.07) is 3.41. The van der Waals surface area contributed by atoms with E-state index < -0.39 is 5.97 Å². The van der Waals surface area contributed by atoms with Gasteiger partial charge in [-0.1, -0.05) is 13.8 Å². The third-order valence-corrected chi connectivity index (χ3v) is 6.17. The number of hydrogen-bond donors (Lipinski definition) is 4. The number of carboxylic acids is 1. The minimum Gasteiger partial charge on any atom is -0.494 e. The summed E-state index contributed by atoms with van der Waals surface area (Å²) in [7, 11) is 1.55. The molecular formula is C21H25N5O3S. The lowest BCUT2D eigenvalue weighted by atomic mass is 9.88. The van der Waals surface area contributed by atoms with Gasteiger partial charge >= 0.3 is 5.97 Å². The molecule has 30 heavy (non-hydrogen) atoms. The standard InChI is InChI=1S/C19H19N5O3S.C2H6/c1-27-14-6-12(21)10(7-20)4-13(14)24-17-16-11-3-2-9(19(25)26)5-15(11)28-18(16)23-8-22-17;1-2/h4,6-9,20H,2-3,5,21H2,1H3,(H,25,26)(H,22,23,24);1-2H3. The molecule has 0 fully saturated rings. The van der Waals surface area contributed by atoms with Gasteiger partial charge in [-0.15, -0.1) is 11.3 Å². The van der Waals surface area contributed by atoms with E-state index in [1.165, 1.54) is 23.9 Å². The van der Waals surface area contributed by atoms with E-state index in [0.717, 1.165) is 20.7 Å². The largest absolute Gasteiger partial charge is 0.494 e. The number of aryl methyl sites for hydroxylation is 1. The first-order valence-electron chi connectivity index (χ1n) is 9.74. The number of aromatic nitrogens is 2. The van der Waals surface area contributed by atoms with Crippen LogP contribution in [-0.4, -0.2) is 34.4 Å². The van der Waals surface area contributed by atoms with Gasteiger partial charge in [0.05, 0.1) is 24.1 Å². The van der Waals surface area contributed by atoms with E-state index >= 15 is 0 Å². The molecule has 1 unspecified atom stereocenters. The molecule has 8 nitrogen and oxygen atoms in total. The van der Waals surface area contributed by atoms with Gasteiger partial charge in [0.25, 0.3) is 0 Å². The Morgan fingerprint density at radius 1 is 1.40 bits per heavy atom. The van der Waals surface area contributed by atoms with Gasteiger partial charge in [-0.25, -0.2) is 9.97 Å². The van der Waals surface area contributed by atoms with Crippen LogP contribution in [0.4, 0.5) is 17.2 Å². The minimum absolute atomic E-state index is 0.350. The minimum atomic E-state index is -0.752. The van der Waals surface area contributed by atoms with Crippen molar-refractivity contribution in [2.24, 2.45) is 5.92 Å². The summed E-state index contributed by atoms with van der Waals surface area (Å²) in [4.78, 5) is 22.0. The second-order valence-electron chi connectivity index (χ2n) is 6.63. The summed E-state index contributed by atoms with van der Waals surface area (Å²) >= 11 is 1.52. The SMILES string of the molecule is CC.COc1cc(N)c(C=N)cc1Nc1ncnc2sc3c(c12)CCC(C(=O)O)C3. The van der Waals surface area contributed by atoms with Crippen molar-refractivity contribution in [3.05, 3.63) is 34.5 Å². The number of methoxy groups -OCH3 is 1. The molecule has 1 aromatic carbocycles. The monoisotopic (exact) mass is 427 g/mol. The predicted octanol–water partition coefficient (Wildman–Crippen LogP) is 4.24. The molecule has 2 aromatic heterocycles. The van der Waals surface area contributed by atoms with Crippen molar-refractivity contribution in [3.8, 4) is 5.75 Å². The highest BCUT2D eigenvalue weighted by molar-refractivity contribution is 7.19. The van der Waals surface area contributed by atoms with Gasteiger partial charge in [0.15, 0.2) is 0 Å².